The van der Waals surface area contributed by atoms with Gasteiger partial charge in [-0.25, -0.2) is 0 Å². The zero-order valence-electron chi connectivity index (χ0n) is 13.3. The van der Waals surface area contributed by atoms with E-state index in [0.29, 0.717) is 0 Å². The van der Waals surface area contributed by atoms with Crippen LogP contribution in [-0.2, 0) is 6.51 Å². The van der Waals surface area contributed by atoms with Crippen molar-refractivity contribution in [3.05, 3.63) is 34.9 Å². The zero-order valence-corrected chi connectivity index (χ0v) is 14.4. The zero-order chi connectivity index (χ0) is 13.9. The molecule has 21 heavy (non-hydrogen) atoms. The van der Waals surface area contributed by atoms with Crippen molar-refractivity contribution in [1.82, 2.24) is 0 Å². The largest absolute Gasteiger partial charge is 0.0617 e. The van der Waals surface area contributed by atoms with Crippen LogP contribution in [0.1, 0.15) is 23.6 Å². The first-order chi connectivity index (χ1) is 9.76. The minimum Gasteiger partial charge on any atom is -0.0617 e. The average molecular weight is 320 g/mol. The van der Waals surface area contributed by atoms with Crippen LogP contribution in [0.4, 0.5) is 0 Å². The Morgan fingerprint density at radius 2 is 1.19 bits per heavy atom. The molecule has 10 aliphatic heterocycles. The van der Waals surface area contributed by atoms with E-state index in [4.69, 9.17) is 0 Å². The molecule has 4 atom stereocenters. The van der Waals surface area contributed by atoms with Crippen molar-refractivity contribution in [3.8, 4) is 0 Å². The van der Waals surface area contributed by atoms with Gasteiger partial charge in [0.05, 0.1) is 0 Å². The Bertz CT molecular complexity index is 1110. The third kappa shape index (κ3) is 0.121. The van der Waals surface area contributed by atoms with Gasteiger partial charge in [-0.3, -0.25) is 0 Å². The fourth-order valence-electron chi connectivity index (χ4n) is 18.2. The van der Waals surface area contributed by atoms with Crippen LogP contribution in [0.25, 0.3) is 0 Å². The summed E-state index contributed by atoms with van der Waals surface area (Å²) in [6.07, 6.45) is 0. The summed E-state index contributed by atoms with van der Waals surface area (Å²) >= 11 is 0. The minimum atomic E-state index is -2.45. The fourth-order valence-corrected chi connectivity index (χ4v) is 93.5. The van der Waals surface area contributed by atoms with Crippen molar-refractivity contribution in [3.63, 3.8) is 0 Å². The van der Waals surface area contributed by atoms with Crippen molar-refractivity contribution in [2.45, 2.75) is 75.4 Å². The average Bonchev–Trinajstić information content (AvgIpc) is 3.39. The van der Waals surface area contributed by atoms with Crippen LogP contribution >= 0.6 is 0 Å². The summed E-state index contributed by atoms with van der Waals surface area (Å²) in [5.74, 6) is 0. The number of hydrogen-bond acceptors (Lipinski definition) is 0. The van der Waals surface area contributed by atoms with E-state index in [0.717, 1.165) is 0 Å². The first kappa shape index (κ1) is 9.14. The van der Waals surface area contributed by atoms with E-state index in [1.807, 2.05) is 0 Å². The summed E-state index contributed by atoms with van der Waals surface area (Å²) in [6, 6.07) is 6.38. The molecule has 0 aliphatic carbocycles. The Morgan fingerprint density at radius 3 is 1.33 bits per heavy atom. The summed E-state index contributed by atoms with van der Waals surface area (Å²) in [6.45, 7) is 6.80. The third-order valence-electron chi connectivity index (χ3n) is 17.3. The normalized spacial score (nSPS) is 97.8. The van der Waals surface area contributed by atoms with Gasteiger partial charge in [0.1, 0.15) is 0 Å². The summed E-state index contributed by atoms with van der Waals surface area (Å²) in [7, 11) is 0. The number of aryl methyl sites for hydroxylation is 2. The molecular weight excluding hydrogens is 296 g/mol. The Hall–Kier alpha value is -0.261. The van der Waals surface area contributed by atoms with Crippen LogP contribution < -0.4 is 0 Å². The summed E-state index contributed by atoms with van der Waals surface area (Å²) in [4.78, 5) is 14.0. The molecule has 10 heterocycles. The van der Waals surface area contributed by atoms with Crippen LogP contribution in [0.3, 0.4) is 0 Å². The minimum absolute atomic E-state index is 1.19. The molecule has 0 N–H and O–H groups in total. The van der Waals surface area contributed by atoms with Gasteiger partial charge in [0.2, 0.25) is 0 Å². The number of rotatable bonds is 0. The Balaban J connectivity index is 0.0000000841. The summed E-state index contributed by atoms with van der Waals surface area (Å²) < 4.78 is 1.19. The molecule has 0 radical (unpaired) electrons. The van der Waals surface area contributed by atoms with Gasteiger partial charge < -0.3 is 0 Å². The predicted octanol–water partition coefficient (Wildman–Crippen LogP) is 6.38. The van der Waals surface area contributed by atoms with Crippen molar-refractivity contribution in [2.24, 2.45) is 0 Å². The monoisotopic (exact) mass is 320 g/mol. The molecule has 10 fully saturated rings. The Kier molecular flexibility index (Phi) is 0.375. The number of fused-ring (bicyclic) bond motifs is 10. The fraction of sp³-hybridized carbons (Fsp3) is 0.700. The molecule has 112 valence electrons. The molecule has 10 aliphatic rings. The standard InChI is InChI=1S/C9H12.C6H7.C5H5.Fe/c1-7-5-4-6-8(2)9(7)3;1-6-4-2-3-5-6;1-2-4-5-3-1;/h4-6H,1-3H3;2-5H,1H3;1-5H;. The molecule has 0 amide bonds. The van der Waals surface area contributed by atoms with E-state index in [-0.39, 0.29) is 0 Å². The van der Waals surface area contributed by atoms with Crippen molar-refractivity contribution >= 4 is 0 Å². The molecule has 1 aromatic rings. The maximum atomic E-state index is 2.82. The van der Waals surface area contributed by atoms with Crippen molar-refractivity contribution < 1.29 is 6.51 Å². The van der Waals surface area contributed by atoms with Crippen LogP contribution in [0, 0.1) is 20.8 Å². The van der Waals surface area contributed by atoms with Gasteiger partial charge >= 0.3 is 61.1 Å². The van der Waals surface area contributed by atoms with Crippen molar-refractivity contribution in [2.75, 3.05) is 0 Å². The predicted molar refractivity (Wildman–Crippen MR) is 82.8 cm³/mol. The van der Waals surface area contributed by atoms with Gasteiger partial charge in [-0.1, -0.05) is 18.2 Å². The first-order valence-corrected chi connectivity index (χ1v) is 15.3. The van der Waals surface area contributed by atoms with E-state index >= 15 is 0 Å². The smallest absolute Gasteiger partial charge is 0.0392 e. The van der Waals surface area contributed by atoms with Gasteiger partial charge in [-0.15, -0.1) is 0 Å². The number of hydrogen-bond donors (Lipinski definition) is 0. The van der Waals surface area contributed by atoms with Crippen LogP contribution in [0.5, 0.6) is 0 Å². The molecule has 1 heteroatoms. The van der Waals surface area contributed by atoms with Gasteiger partial charge in [-0.2, -0.15) is 0 Å². The van der Waals surface area contributed by atoms with Crippen LogP contribution in [-0.4, -0.2) is 0 Å². The molecule has 1 spiro atoms. The van der Waals surface area contributed by atoms with E-state index in [1.165, 1.54) is 30.6 Å². The molecule has 1 aromatic carbocycles. The second-order valence-corrected chi connectivity index (χ2v) is 36.4. The van der Waals surface area contributed by atoms with Gasteiger partial charge in [0.15, 0.2) is 0 Å². The maximum Gasteiger partial charge on any atom is -0.0392 e. The molecule has 0 aromatic heterocycles. The van der Waals surface area contributed by atoms with Crippen LogP contribution in [0.2, 0.25) is 47.7 Å². The van der Waals surface area contributed by atoms with E-state index in [1.54, 1.807) is 33.7 Å². The van der Waals surface area contributed by atoms with Crippen molar-refractivity contribution in [1.29, 1.82) is 0 Å². The second kappa shape index (κ2) is 0.861. The van der Waals surface area contributed by atoms with E-state index < -0.39 is 6.51 Å². The molecule has 10 saturated heterocycles. The van der Waals surface area contributed by atoms with E-state index in [9.17, 15) is 0 Å². The number of benzene rings is 1. The molecule has 4 unspecified atom stereocenters. The second-order valence-electron chi connectivity index (χ2n) is 12.6. The first-order valence-electron chi connectivity index (χ1n) is 9.00. The van der Waals surface area contributed by atoms with Gasteiger partial charge in [0.25, 0.3) is 0 Å². The van der Waals surface area contributed by atoms with Gasteiger partial charge in [-0.05, 0) is 37.5 Å². The Labute approximate surface area is 117 Å². The molecule has 0 nitrogen and oxygen atoms in total. The third-order valence-corrected chi connectivity index (χ3v) is 61.1. The molecule has 0 saturated carbocycles. The van der Waals surface area contributed by atoms with Gasteiger partial charge in [0, 0.05) is 0 Å². The van der Waals surface area contributed by atoms with E-state index in [2.05, 4.69) is 45.9 Å². The van der Waals surface area contributed by atoms with Crippen LogP contribution in [0.15, 0.2) is 18.2 Å². The maximum absolute atomic E-state index is 2.82. The molecule has 0 bridgehead atoms. The molecular formula is C20H24Fe. The Morgan fingerprint density at radius 1 is 0.762 bits per heavy atom. The molecule has 11 rings (SSSR count). The summed E-state index contributed by atoms with van der Waals surface area (Å²) in [5, 5.41) is 0. The summed E-state index contributed by atoms with van der Waals surface area (Å²) in [5.41, 5.74) is 4.18. The quantitative estimate of drug-likeness (QED) is 0.487. The SMILES string of the molecule is C[C]12[CH]3[CH]4[CH]5[CH]1[Fe]45321678[CH]2[CH]1[CH]6[CH]7[CH]28.Cc1cccc(C)c1C. The topological polar surface area (TPSA) is 0 Å².